The van der Waals surface area contributed by atoms with Gasteiger partial charge in [0.15, 0.2) is 0 Å². The van der Waals surface area contributed by atoms with Crippen molar-refractivity contribution in [2.75, 3.05) is 13.2 Å². The van der Waals surface area contributed by atoms with Crippen LogP contribution in [0, 0.1) is 0 Å². The molecule has 84 valence electrons. The molecule has 2 aromatic rings. The van der Waals surface area contributed by atoms with Crippen LogP contribution in [0.1, 0.15) is 5.56 Å². The number of rotatable bonds is 6. The second-order valence-electron chi connectivity index (χ2n) is 3.32. The van der Waals surface area contributed by atoms with E-state index in [0.29, 0.717) is 12.5 Å². The Morgan fingerprint density at radius 2 is 2.31 bits per heavy atom. The minimum atomic E-state index is 0.640. The zero-order valence-corrected chi connectivity index (χ0v) is 9.74. The van der Waals surface area contributed by atoms with E-state index in [0.717, 1.165) is 13.1 Å². The second-order valence-corrected chi connectivity index (χ2v) is 4.10. The predicted octanol–water partition coefficient (Wildman–Crippen LogP) is 2.31. The van der Waals surface area contributed by atoms with E-state index in [1.54, 1.807) is 17.5 Å². The molecule has 2 aromatic heterocycles. The first-order valence-electron chi connectivity index (χ1n) is 5.21. The van der Waals surface area contributed by atoms with Crippen LogP contribution < -0.4 is 10.1 Å². The number of pyridine rings is 1. The maximum atomic E-state index is 5.45. The Morgan fingerprint density at radius 3 is 3.06 bits per heavy atom. The Kier molecular flexibility index (Phi) is 4.34. The van der Waals surface area contributed by atoms with Crippen molar-refractivity contribution >= 4 is 11.3 Å². The summed E-state index contributed by atoms with van der Waals surface area (Å²) >= 11 is 1.72. The molecule has 0 atom stereocenters. The molecular weight excluding hydrogens is 220 g/mol. The molecule has 0 unspecified atom stereocenters. The molecule has 2 rings (SSSR count). The molecule has 0 aliphatic heterocycles. The second kappa shape index (κ2) is 6.25. The Balaban J connectivity index is 1.59. The quantitative estimate of drug-likeness (QED) is 0.779. The van der Waals surface area contributed by atoms with E-state index in [2.05, 4.69) is 27.1 Å². The SMILES string of the molecule is c1ccc(OCCNCc2ccsc2)nc1. The van der Waals surface area contributed by atoms with Crippen molar-refractivity contribution in [1.82, 2.24) is 10.3 Å². The maximum Gasteiger partial charge on any atom is 0.213 e. The standard InChI is InChI=1S/C12H14N2OS/c1-2-5-14-12(3-1)15-7-6-13-9-11-4-8-16-10-11/h1-5,8,10,13H,6-7,9H2. The van der Waals surface area contributed by atoms with E-state index < -0.39 is 0 Å². The summed E-state index contributed by atoms with van der Waals surface area (Å²) in [6.07, 6.45) is 1.73. The predicted molar refractivity (Wildman–Crippen MR) is 65.8 cm³/mol. The molecule has 0 amide bonds. The van der Waals surface area contributed by atoms with E-state index in [4.69, 9.17) is 4.74 Å². The highest BCUT2D eigenvalue weighted by Crippen LogP contribution is 2.05. The van der Waals surface area contributed by atoms with Crippen LogP contribution in [0.5, 0.6) is 5.88 Å². The van der Waals surface area contributed by atoms with Crippen LogP contribution >= 0.6 is 11.3 Å². The van der Waals surface area contributed by atoms with Gasteiger partial charge in [-0.1, -0.05) is 6.07 Å². The average molecular weight is 234 g/mol. The fourth-order valence-corrected chi connectivity index (χ4v) is 1.95. The molecule has 3 nitrogen and oxygen atoms in total. The van der Waals surface area contributed by atoms with Gasteiger partial charge in [-0.3, -0.25) is 0 Å². The zero-order valence-electron chi connectivity index (χ0n) is 8.93. The van der Waals surface area contributed by atoms with Gasteiger partial charge >= 0.3 is 0 Å². The number of ether oxygens (including phenoxy) is 1. The minimum absolute atomic E-state index is 0.640. The van der Waals surface area contributed by atoms with E-state index in [1.165, 1.54) is 5.56 Å². The third kappa shape index (κ3) is 3.64. The third-order valence-corrected chi connectivity index (χ3v) is 2.81. The van der Waals surface area contributed by atoms with E-state index >= 15 is 0 Å². The molecule has 0 saturated heterocycles. The lowest BCUT2D eigenvalue weighted by molar-refractivity contribution is 0.302. The molecule has 4 heteroatoms. The summed E-state index contributed by atoms with van der Waals surface area (Å²) in [6.45, 7) is 2.36. The first kappa shape index (κ1) is 11.1. The molecule has 16 heavy (non-hydrogen) atoms. The number of aromatic nitrogens is 1. The van der Waals surface area contributed by atoms with Crippen LogP contribution in [0.2, 0.25) is 0 Å². The number of hydrogen-bond acceptors (Lipinski definition) is 4. The molecule has 0 aliphatic rings. The van der Waals surface area contributed by atoms with Gasteiger partial charge in [0, 0.05) is 25.4 Å². The average Bonchev–Trinajstić information content (AvgIpc) is 2.83. The summed E-state index contributed by atoms with van der Waals surface area (Å²) in [5.74, 6) is 0.680. The Morgan fingerprint density at radius 1 is 1.31 bits per heavy atom. The number of nitrogens with one attached hydrogen (secondary N) is 1. The molecule has 0 bridgehead atoms. The summed E-state index contributed by atoms with van der Waals surface area (Å²) in [7, 11) is 0. The fraction of sp³-hybridized carbons (Fsp3) is 0.250. The van der Waals surface area contributed by atoms with Crippen molar-refractivity contribution in [3.8, 4) is 5.88 Å². The Bertz CT molecular complexity index is 389. The first-order chi connectivity index (χ1) is 7.95. The van der Waals surface area contributed by atoms with Gasteiger partial charge in [-0.2, -0.15) is 11.3 Å². The van der Waals surface area contributed by atoms with Crippen molar-refractivity contribution in [3.63, 3.8) is 0 Å². The van der Waals surface area contributed by atoms with Gasteiger partial charge in [0.2, 0.25) is 5.88 Å². The van der Waals surface area contributed by atoms with Gasteiger partial charge in [0.05, 0.1) is 0 Å². The van der Waals surface area contributed by atoms with Gasteiger partial charge in [-0.15, -0.1) is 0 Å². The molecular formula is C12H14N2OS. The smallest absolute Gasteiger partial charge is 0.213 e. The van der Waals surface area contributed by atoms with Crippen LogP contribution in [-0.4, -0.2) is 18.1 Å². The van der Waals surface area contributed by atoms with E-state index in [-0.39, 0.29) is 0 Å². The third-order valence-electron chi connectivity index (χ3n) is 2.08. The minimum Gasteiger partial charge on any atom is -0.476 e. The summed E-state index contributed by atoms with van der Waals surface area (Å²) in [5.41, 5.74) is 1.32. The molecule has 0 fully saturated rings. The fourth-order valence-electron chi connectivity index (χ4n) is 1.29. The van der Waals surface area contributed by atoms with E-state index in [9.17, 15) is 0 Å². The van der Waals surface area contributed by atoms with Crippen molar-refractivity contribution < 1.29 is 4.74 Å². The zero-order chi connectivity index (χ0) is 11.1. The summed E-state index contributed by atoms with van der Waals surface area (Å²) in [4.78, 5) is 4.08. The summed E-state index contributed by atoms with van der Waals surface area (Å²) in [6, 6.07) is 7.78. The topological polar surface area (TPSA) is 34.1 Å². The molecule has 0 saturated carbocycles. The van der Waals surface area contributed by atoms with E-state index in [1.807, 2.05) is 18.2 Å². The Hall–Kier alpha value is -1.39. The lowest BCUT2D eigenvalue weighted by Crippen LogP contribution is -2.20. The van der Waals surface area contributed by atoms with Crippen molar-refractivity contribution in [1.29, 1.82) is 0 Å². The highest BCUT2D eigenvalue weighted by Gasteiger charge is 1.94. The number of hydrogen-bond donors (Lipinski definition) is 1. The molecule has 0 aliphatic carbocycles. The normalized spacial score (nSPS) is 10.2. The van der Waals surface area contributed by atoms with Crippen molar-refractivity contribution in [2.24, 2.45) is 0 Å². The van der Waals surface area contributed by atoms with Crippen LogP contribution in [0.25, 0.3) is 0 Å². The van der Waals surface area contributed by atoms with Crippen LogP contribution in [0.15, 0.2) is 41.2 Å². The van der Waals surface area contributed by atoms with Crippen LogP contribution in [0.4, 0.5) is 0 Å². The molecule has 1 N–H and O–H groups in total. The largest absolute Gasteiger partial charge is 0.476 e. The summed E-state index contributed by atoms with van der Waals surface area (Å²) < 4.78 is 5.45. The van der Waals surface area contributed by atoms with Gasteiger partial charge in [-0.25, -0.2) is 4.98 Å². The van der Waals surface area contributed by atoms with Crippen LogP contribution in [0.3, 0.4) is 0 Å². The number of thiophene rings is 1. The summed E-state index contributed by atoms with van der Waals surface area (Å²) in [5, 5.41) is 7.54. The van der Waals surface area contributed by atoms with Gasteiger partial charge in [-0.05, 0) is 28.5 Å². The molecule has 0 spiro atoms. The Labute approximate surface area is 99.1 Å². The van der Waals surface area contributed by atoms with Gasteiger partial charge in [0.1, 0.15) is 6.61 Å². The molecule has 2 heterocycles. The van der Waals surface area contributed by atoms with Gasteiger partial charge < -0.3 is 10.1 Å². The maximum absolute atomic E-state index is 5.45. The number of nitrogens with zero attached hydrogens (tertiary/aromatic N) is 1. The van der Waals surface area contributed by atoms with Crippen LogP contribution in [-0.2, 0) is 6.54 Å². The lowest BCUT2D eigenvalue weighted by Gasteiger charge is -2.05. The first-order valence-corrected chi connectivity index (χ1v) is 6.15. The highest BCUT2D eigenvalue weighted by atomic mass is 32.1. The van der Waals surface area contributed by atoms with Gasteiger partial charge in [0.25, 0.3) is 0 Å². The highest BCUT2D eigenvalue weighted by molar-refractivity contribution is 7.07. The van der Waals surface area contributed by atoms with Crippen molar-refractivity contribution in [2.45, 2.75) is 6.54 Å². The molecule has 0 aromatic carbocycles. The van der Waals surface area contributed by atoms with Crippen molar-refractivity contribution in [3.05, 3.63) is 46.8 Å². The lowest BCUT2D eigenvalue weighted by atomic mass is 10.3. The monoisotopic (exact) mass is 234 g/mol. The molecule has 0 radical (unpaired) electrons.